The third kappa shape index (κ3) is 9.15. The molecule has 0 aliphatic heterocycles. The van der Waals surface area contributed by atoms with Gasteiger partial charge in [-0.1, -0.05) is 0 Å². The second-order valence-electron chi connectivity index (χ2n) is 5.35. The van der Waals surface area contributed by atoms with Gasteiger partial charge in [0.2, 0.25) is 5.91 Å². The van der Waals surface area contributed by atoms with Gasteiger partial charge < -0.3 is 26.2 Å². The minimum absolute atomic E-state index is 0.0761. The number of hydrogen-bond acceptors (Lipinski definition) is 4. The molecule has 0 aromatic heterocycles. The van der Waals surface area contributed by atoms with Crippen LogP contribution in [0.5, 0.6) is 0 Å². The van der Waals surface area contributed by atoms with Crippen LogP contribution in [-0.2, 0) is 9.59 Å². The molecule has 0 saturated carbocycles. The summed E-state index contributed by atoms with van der Waals surface area (Å²) in [6.07, 6.45) is 0.0235. The third-order valence-corrected chi connectivity index (χ3v) is 2.17. The molecule has 0 bridgehead atoms. The van der Waals surface area contributed by atoms with E-state index in [1.165, 1.54) is 0 Å². The standard InChI is InChI=1S/C12H23N3O5/c1-12(2,3)15-9(17)4-6-13-11(20)14-8(5-7-16)10(18)19/h8,16H,4-7H2,1-3H3,(H,15,17)(H,18,19)(H2,13,14,20)/t8-/m0/s1. The van der Waals surface area contributed by atoms with Crippen molar-refractivity contribution < 1.29 is 24.6 Å². The summed E-state index contributed by atoms with van der Waals surface area (Å²) in [7, 11) is 0. The van der Waals surface area contributed by atoms with E-state index in [4.69, 9.17) is 10.2 Å². The first-order chi connectivity index (χ1) is 9.15. The first-order valence-corrected chi connectivity index (χ1v) is 6.34. The summed E-state index contributed by atoms with van der Waals surface area (Å²) < 4.78 is 0. The zero-order valence-electron chi connectivity index (χ0n) is 12.0. The number of aliphatic hydroxyl groups excluding tert-OH is 1. The molecule has 0 heterocycles. The molecule has 8 heteroatoms. The molecule has 116 valence electrons. The molecule has 0 rings (SSSR count). The van der Waals surface area contributed by atoms with Crippen molar-refractivity contribution in [3.63, 3.8) is 0 Å². The van der Waals surface area contributed by atoms with Crippen LogP contribution in [0.3, 0.4) is 0 Å². The molecule has 0 unspecified atom stereocenters. The van der Waals surface area contributed by atoms with Crippen LogP contribution in [0, 0.1) is 0 Å². The van der Waals surface area contributed by atoms with Crippen molar-refractivity contribution >= 4 is 17.9 Å². The van der Waals surface area contributed by atoms with Gasteiger partial charge in [0.05, 0.1) is 0 Å². The van der Waals surface area contributed by atoms with Crippen molar-refractivity contribution in [2.75, 3.05) is 13.2 Å². The van der Waals surface area contributed by atoms with E-state index in [9.17, 15) is 14.4 Å². The average Bonchev–Trinajstić information content (AvgIpc) is 2.25. The maximum Gasteiger partial charge on any atom is 0.326 e. The Morgan fingerprint density at radius 1 is 1.20 bits per heavy atom. The summed E-state index contributed by atoms with van der Waals surface area (Å²) in [5, 5.41) is 24.8. The lowest BCUT2D eigenvalue weighted by molar-refractivity contribution is -0.139. The van der Waals surface area contributed by atoms with Crippen molar-refractivity contribution in [3.8, 4) is 0 Å². The second kappa shape index (κ2) is 8.36. The molecule has 0 aliphatic carbocycles. The van der Waals surface area contributed by atoms with Crippen molar-refractivity contribution in [1.29, 1.82) is 0 Å². The van der Waals surface area contributed by atoms with Crippen LogP contribution in [0.2, 0.25) is 0 Å². The average molecular weight is 289 g/mol. The number of urea groups is 1. The van der Waals surface area contributed by atoms with E-state index in [0.717, 1.165) is 0 Å². The number of rotatable bonds is 7. The van der Waals surface area contributed by atoms with Crippen LogP contribution < -0.4 is 16.0 Å². The molecule has 0 aliphatic rings. The van der Waals surface area contributed by atoms with Crippen molar-refractivity contribution in [2.45, 2.75) is 45.2 Å². The second-order valence-corrected chi connectivity index (χ2v) is 5.35. The molecule has 0 aromatic carbocycles. The van der Waals surface area contributed by atoms with Gasteiger partial charge in [-0.25, -0.2) is 9.59 Å². The highest BCUT2D eigenvalue weighted by atomic mass is 16.4. The van der Waals surface area contributed by atoms with Crippen molar-refractivity contribution in [1.82, 2.24) is 16.0 Å². The summed E-state index contributed by atoms with van der Waals surface area (Å²) in [6.45, 7) is 5.29. The molecular weight excluding hydrogens is 266 g/mol. The lowest BCUT2D eigenvalue weighted by atomic mass is 10.1. The number of carboxylic acids is 1. The summed E-state index contributed by atoms with van der Waals surface area (Å²) in [5.74, 6) is -1.43. The minimum atomic E-state index is -1.22. The van der Waals surface area contributed by atoms with Gasteiger partial charge >= 0.3 is 12.0 Å². The molecule has 0 spiro atoms. The van der Waals surface area contributed by atoms with Crippen LogP contribution in [-0.4, -0.2) is 52.9 Å². The summed E-state index contributed by atoms with van der Waals surface area (Å²) >= 11 is 0. The van der Waals surface area contributed by atoms with Crippen LogP contribution in [0.25, 0.3) is 0 Å². The number of carbonyl (C=O) groups is 3. The highest BCUT2D eigenvalue weighted by Crippen LogP contribution is 1.98. The Balaban J connectivity index is 3.99. The predicted octanol–water partition coefficient (Wildman–Crippen LogP) is -0.574. The van der Waals surface area contributed by atoms with E-state index in [0.29, 0.717) is 0 Å². The molecule has 5 N–H and O–H groups in total. The first-order valence-electron chi connectivity index (χ1n) is 6.34. The Morgan fingerprint density at radius 2 is 1.80 bits per heavy atom. The number of carbonyl (C=O) groups excluding carboxylic acids is 2. The van der Waals surface area contributed by atoms with Gasteiger partial charge in [-0.15, -0.1) is 0 Å². The fourth-order valence-corrected chi connectivity index (χ4v) is 1.37. The van der Waals surface area contributed by atoms with Crippen LogP contribution in [0.4, 0.5) is 4.79 Å². The number of amides is 3. The largest absolute Gasteiger partial charge is 0.480 e. The van der Waals surface area contributed by atoms with E-state index in [1.54, 1.807) is 0 Å². The fraction of sp³-hybridized carbons (Fsp3) is 0.750. The molecule has 20 heavy (non-hydrogen) atoms. The van der Waals surface area contributed by atoms with Gasteiger partial charge in [-0.2, -0.15) is 0 Å². The molecular formula is C12H23N3O5. The highest BCUT2D eigenvalue weighted by Gasteiger charge is 2.19. The van der Waals surface area contributed by atoms with Crippen LogP contribution >= 0.6 is 0 Å². The minimum Gasteiger partial charge on any atom is -0.480 e. The lowest BCUT2D eigenvalue weighted by Crippen LogP contribution is -2.47. The van der Waals surface area contributed by atoms with Gasteiger partial charge in [0.15, 0.2) is 0 Å². The Labute approximate surface area is 117 Å². The predicted molar refractivity (Wildman–Crippen MR) is 72.2 cm³/mol. The molecule has 0 fully saturated rings. The van der Waals surface area contributed by atoms with Gasteiger partial charge in [0.25, 0.3) is 0 Å². The fourth-order valence-electron chi connectivity index (χ4n) is 1.37. The molecule has 0 aromatic rings. The number of nitrogens with one attached hydrogen (secondary N) is 3. The molecule has 0 saturated heterocycles. The van der Waals surface area contributed by atoms with E-state index < -0.39 is 18.0 Å². The van der Waals surface area contributed by atoms with Gasteiger partial charge in [-0.3, -0.25) is 4.79 Å². The zero-order valence-corrected chi connectivity index (χ0v) is 12.0. The smallest absolute Gasteiger partial charge is 0.326 e. The normalized spacial score (nSPS) is 12.4. The van der Waals surface area contributed by atoms with Crippen LogP contribution in [0.1, 0.15) is 33.6 Å². The summed E-state index contributed by atoms with van der Waals surface area (Å²) in [5.41, 5.74) is -0.338. The van der Waals surface area contributed by atoms with E-state index in [2.05, 4.69) is 16.0 Å². The maximum absolute atomic E-state index is 11.5. The number of hydrogen-bond donors (Lipinski definition) is 5. The number of carboxylic acid groups (broad SMARTS) is 1. The molecule has 0 radical (unpaired) electrons. The maximum atomic E-state index is 11.5. The highest BCUT2D eigenvalue weighted by molar-refractivity contribution is 5.83. The summed E-state index contributed by atoms with van der Waals surface area (Å²) in [4.78, 5) is 33.6. The monoisotopic (exact) mass is 289 g/mol. The quantitative estimate of drug-likeness (QED) is 0.428. The summed E-state index contributed by atoms with van der Waals surface area (Å²) in [6, 6.07) is -1.84. The van der Waals surface area contributed by atoms with Gasteiger partial charge in [-0.05, 0) is 20.8 Å². The lowest BCUT2D eigenvalue weighted by Gasteiger charge is -2.20. The molecule has 3 amide bonds. The number of aliphatic carboxylic acids is 1. The zero-order chi connectivity index (χ0) is 15.8. The van der Waals surface area contributed by atoms with Gasteiger partial charge in [0.1, 0.15) is 6.04 Å². The van der Waals surface area contributed by atoms with Crippen LogP contribution in [0.15, 0.2) is 0 Å². The van der Waals surface area contributed by atoms with Crippen molar-refractivity contribution in [3.05, 3.63) is 0 Å². The van der Waals surface area contributed by atoms with Gasteiger partial charge in [0, 0.05) is 31.5 Å². The van der Waals surface area contributed by atoms with Crippen molar-refractivity contribution in [2.24, 2.45) is 0 Å². The van der Waals surface area contributed by atoms with E-state index >= 15 is 0 Å². The Kier molecular flexibility index (Phi) is 7.60. The number of aliphatic hydroxyl groups is 1. The van der Waals surface area contributed by atoms with E-state index in [-0.39, 0.29) is 37.4 Å². The topological polar surface area (TPSA) is 128 Å². The Hall–Kier alpha value is -1.83. The van der Waals surface area contributed by atoms with E-state index in [1.807, 2.05) is 20.8 Å². The Morgan fingerprint density at radius 3 is 2.25 bits per heavy atom. The molecule has 1 atom stereocenters. The third-order valence-electron chi connectivity index (χ3n) is 2.17. The SMILES string of the molecule is CC(C)(C)NC(=O)CCNC(=O)N[C@@H](CCO)C(=O)O. The first kappa shape index (κ1) is 18.2. The molecule has 8 nitrogen and oxygen atoms in total. The Bertz CT molecular complexity index is 351.